The summed E-state index contributed by atoms with van der Waals surface area (Å²) in [5, 5.41) is 4.32. The lowest BCUT2D eigenvalue weighted by atomic mass is 9.80. The van der Waals surface area contributed by atoms with Crippen molar-refractivity contribution < 1.29 is 0 Å². The van der Waals surface area contributed by atoms with Gasteiger partial charge in [0.25, 0.3) is 0 Å². The summed E-state index contributed by atoms with van der Waals surface area (Å²) >= 11 is 3.60. The molecule has 1 aromatic rings. The van der Waals surface area contributed by atoms with Crippen LogP contribution in [-0.2, 0) is 7.05 Å². The average molecular weight is 329 g/mol. The third-order valence-electron chi connectivity index (χ3n) is 4.67. The molecule has 1 saturated carbocycles. The van der Waals surface area contributed by atoms with E-state index in [4.69, 9.17) is 5.73 Å². The van der Waals surface area contributed by atoms with Gasteiger partial charge in [-0.25, -0.2) is 0 Å². The Morgan fingerprint density at radius 3 is 2.32 bits per heavy atom. The van der Waals surface area contributed by atoms with Crippen molar-refractivity contribution >= 4 is 15.9 Å². The van der Waals surface area contributed by atoms with E-state index in [9.17, 15) is 0 Å². The number of nitrogens with zero attached hydrogens (tertiary/aromatic N) is 3. The van der Waals surface area contributed by atoms with Gasteiger partial charge in [0.15, 0.2) is 0 Å². The molecule has 0 amide bonds. The Balaban J connectivity index is 2.38. The van der Waals surface area contributed by atoms with E-state index in [1.807, 2.05) is 17.9 Å². The number of aromatic nitrogens is 2. The Labute approximate surface area is 124 Å². The molecule has 1 aliphatic rings. The number of hydrogen-bond acceptors (Lipinski definition) is 3. The number of rotatable bonds is 3. The molecule has 108 valence electrons. The van der Waals surface area contributed by atoms with Gasteiger partial charge in [0, 0.05) is 12.6 Å². The van der Waals surface area contributed by atoms with Gasteiger partial charge in [-0.2, -0.15) is 5.10 Å². The van der Waals surface area contributed by atoms with Gasteiger partial charge in [0.2, 0.25) is 0 Å². The van der Waals surface area contributed by atoms with Crippen LogP contribution in [0.2, 0.25) is 0 Å². The molecular formula is C14H25BrN4. The van der Waals surface area contributed by atoms with E-state index < -0.39 is 0 Å². The van der Waals surface area contributed by atoms with E-state index in [1.165, 1.54) is 38.5 Å². The number of likely N-dealkylation sites (N-methyl/N-ethyl adjacent to an activating group) is 1. The Hall–Kier alpha value is -0.390. The van der Waals surface area contributed by atoms with Crippen molar-refractivity contribution in [3.05, 3.63) is 16.4 Å². The van der Waals surface area contributed by atoms with E-state index in [0.29, 0.717) is 0 Å². The summed E-state index contributed by atoms with van der Waals surface area (Å²) in [7, 11) is 6.30. The van der Waals surface area contributed by atoms with Crippen LogP contribution in [0.1, 0.15) is 50.3 Å². The third kappa shape index (κ3) is 2.73. The Morgan fingerprint density at radius 1 is 1.32 bits per heavy atom. The van der Waals surface area contributed by atoms with Crippen LogP contribution in [0.5, 0.6) is 0 Å². The van der Waals surface area contributed by atoms with Crippen molar-refractivity contribution in [3.8, 4) is 0 Å². The molecule has 1 heterocycles. The first-order chi connectivity index (χ1) is 8.99. The van der Waals surface area contributed by atoms with Crippen molar-refractivity contribution in [1.29, 1.82) is 0 Å². The van der Waals surface area contributed by atoms with Crippen LogP contribution in [0.25, 0.3) is 0 Å². The van der Waals surface area contributed by atoms with Crippen molar-refractivity contribution in [3.63, 3.8) is 0 Å². The molecule has 5 heteroatoms. The normalized spacial score (nSPS) is 21.4. The van der Waals surface area contributed by atoms with Crippen LogP contribution in [0.4, 0.5) is 0 Å². The highest BCUT2D eigenvalue weighted by Crippen LogP contribution is 2.41. The quantitative estimate of drug-likeness (QED) is 0.868. The fourth-order valence-electron chi connectivity index (χ4n) is 3.40. The van der Waals surface area contributed by atoms with Crippen LogP contribution in [0.15, 0.2) is 10.7 Å². The van der Waals surface area contributed by atoms with E-state index in [1.54, 1.807) is 0 Å². The van der Waals surface area contributed by atoms with Gasteiger partial charge >= 0.3 is 0 Å². The van der Waals surface area contributed by atoms with Crippen molar-refractivity contribution in [2.24, 2.45) is 12.8 Å². The first-order valence-corrected chi connectivity index (χ1v) is 7.89. The molecular weight excluding hydrogens is 304 g/mol. The highest BCUT2D eigenvalue weighted by Gasteiger charge is 2.41. The maximum atomic E-state index is 6.69. The zero-order chi connectivity index (χ0) is 14.0. The molecule has 0 bridgehead atoms. The molecule has 1 aromatic heterocycles. The highest BCUT2D eigenvalue weighted by atomic mass is 79.9. The average Bonchev–Trinajstić information content (AvgIpc) is 2.58. The summed E-state index contributed by atoms with van der Waals surface area (Å²) in [5.41, 5.74) is 7.84. The molecule has 1 atom stereocenters. The molecule has 4 nitrogen and oxygen atoms in total. The molecule has 0 aromatic carbocycles. The molecule has 0 saturated heterocycles. The van der Waals surface area contributed by atoms with Gasteiger partial charge in [0.05, 0.1) is 22.4 Å². The number of halogens is 1. The topological polar surface area (TPSA) is 47.1 Å². The number of aryl methyl sites for hydroxylation is 1. The zero-order valence-electron chi connectivity index (χ0n) is 12.2. The fourth-order valence-corrected chi connectivity index (χ4v) is 4.00. The SMILES string of the molecule is CN(C)C1(C(N)c2c(Br)cnn2C)CCCCCC1. The summed E-state index contributed by atoms with van der Waals surface area (Å²) < 4.78 is 2.93. The van der Waals surface area contributed by atoms with Gasteiger partial charge in [-0.3, -0.25) is 4.68 Å². The summed E-state index contributed by atoms with van der Waals surface area (Å²) in [6.07, 6.45) is 9.36. The van der Waals surface area contributed by atoms with E-state index in [0.717, 1.165) is 10.2 Å². The maximum absolute atomic E-state index is 6.69. The molecule has 1 fully saturated rings. The van der Waals surface area contributed by atoms with Crippen LogP contribution in [0, 0.1) is 0 Å². The predicted octanol–water partition coefficient (Wildman–Crippen LogP) is 2.84. The lowest BCUT2D eigenvalue weighted by molar-refractivity contribution is 0.0934. The molecule has 1 aliphatic carbocycles. The second-order valence-electron chi connectivity index (χ2n) is 5.89. The Morgan fingerprint density at radius 2 is 1.89 bits per heavy atom. The maximum Gasteiger partial charge on any atom is 0.0709 e. The van der Waals surface area contributed by atoms with Crippen LogP contribution in [0.3, 0.4) is 0 Å². The number of nitrogens with two attached hydrogens (primary N) is 1. The predicted molar refractivity (Wildman–Crippen MR) is 82.0 cm³/mol. The minimum absolute atomic E-state index is 0.0116. The van der Waals surface area contributed by atoms with E-state index >= 15 is 0 Å². The van der Waals surface area contributed by atoms with E-state index in [2.05, 4.69) is 40.0 Å². The Kier molecular flexibility index (Phi) is 4.69. The number of hydrogen-bond donors (Lipinski definition) is 1. The minimum Gasteiger partial charge on any atom is -0.321 e. The highest BCUT2D eigenvalue weighted by molar-refractivity contribution is 9.10. The minimum atomic E-state index is -0.0116. The molecule has 1 unspecified atom stereocenters. The molecule has 0 aliphatic heterocycles. The monoisotopic (exact) mass is 328 g/mol. The Bertz CT molecular complexity index is 400. The second-order valence-corrected chi connectivity index (χ2v) is 6.75. The largest absolute Gasteiger partial charge is 0.321 e. The van der Waals surface area contributed by atoms with Crippen molar-refractivity contribution in [1.82, 2.24) is 14.7 Å². The van der Waals surface area contributed by atoms with Gasteiger partial charge in [-0.05, 0) is 42.9 Å². The molecule has 2 N–H and O–H groups in total. The van der Waals surface area contributed by atoms with Gasteiger partial charge in [0.1, 0.15) is 0 Å². The van der Waals surface area contributed by atoms with Gasteiger partial charge < -0.3 is 10.6 Å². The molecule has 0 radical (unpaired) electrons. The molecule has 2 rings (SSSR count). The standard InChI is InChI=1S/C14H25BrN4/c1-18(2)14(8-6-4-5-7-9-14)13(16)12-11(15)10-17-19(12)3/h10,13H,4-9,16H2,1-3H3. The molecule has 19 heavy (non-hydrogen) atoms. The first-order valence-electron chi connectivity index (χ1n) is 7.09. The summed E-state index contributed by atoms with van der Waals surface area (Å²) in [4.78, 5) is 2.34. The summed E-state index contributed by atoms with van der Waals surface area (Å²) in [6, 6.07) is -0.0116. The van der Waals surface area contributed by atoms with Gasteiger partial charge in [-0.15, -0.1) is 0 Å². The van der Waals surface area contributed by atoms with E-state index in [-0.39, 0.29) is 11.6 Å². The third-order valence-corrected chi connectivity index (χ3v) is 5.28. The van der Waals surface area contributed by atoms with Crippen LogP contribution >= 0.6 is 15.9 Å². The lowest BCUT2D eigenvalue weighted by Crippen LogP contribution is -2.52. The van der Waals surface area contributed by atoms with Gasteiger partial charge in [-0.1, -0.05) is 25.7 Å². The second kappa shape index (κ2) is 5.94. The summed E-state index contributed by atoms with van der Waals surface area (Å²) in [5.74, 6) is 0. The fraction of sp³-hybridized carbons (Fsp3) is 0.786. The molecule has 0 spiro atoms. The van der Waals surface area contributed by atoms with Crippen LogP contribution in [-0.4, -0.2) is 34.3 Å². The van der Waals surface area contributed by atoms with Crippen molar-refractivity contribution in [2.75, 3.05) is 14.1 Å². The lowest BCUT2D eigenvalue weighted by Gasteiger charge is -2.44. The smallest absolute Gasteiger partial charge is 0.0709 e. The zero-order valence-corrected chi connectivity index (χ0v) is 13.8. The first kappa shape index (κ1) is 15.0. The van der Waals surface area contributed by atoms with Crippen LogP contribution < -0.4 is 5.73 Å². The van der Waals surface area contributed by atoms with Crippen molar-refractivity contribution in [2.45, 2.75) is 50.1 Å². The summed E-state index contributed by atoms with van der Waals surface area (Å²) in [6.45, 7) is 0.